The van der Waals surface area contributed by atoms with Gasteiger partial charge in [0.05, 0.1) is 5.56 Å². The first-order chi connectivity index (χ1) is 13.6. The molecular weight excluding hydrogens is 394 g/mol. The van der Waals surface area contributed by atoms with Crippen molar-refractivity contribution in [1.82, 2.24) is 20.6 Å². The van der Waals surface area contributed by atoms with Crippen molar-refractivity contribution in [3.8, 4) is 11.8 Å². The first-order valence-electron chi connectivity index (χ1n) is 9.65. The van der Waals surface area contributed by atoms with Crippen LogP contribution in [0.1, 0.15) is 59.4 Å². The van der Waals surface area contributed by atoms with Gasteiger partial charge in [-0.1, -0.05) is 18.8 Å². The summed E-state index contributed by atoms with van der Waals surface area (Å²) >= 11 is 5.83. The van der Waals surface area contributed by atoms with E-state index >= 15 is 0 Å². The van der Waals surface area contributed by atoms with Gasteiger partial charge >= 0.3 is 6.09 Å². The molecule has 29 heavy (non-hydrogen) atoms. The number of carbonyl (C=O) groups excluding carboxylic acids is 2. The molecule has 2 amide bonds. The summed E-state index contributed by atoms with van der Waals surface area (Å²) in [7, 11) is 0. The summed E-state index contributed by atoms with van der Waals surface area (Å²) in [5.41, 5.74) is 0.0714. The highest BCUT2D eigenvalue weighted by Gasteiger charge is 2.20. The maximum atomic E-state index is 12.0. The molecule has 0 aliphatic rings. The van der Waals surface area contributed by atoms with Crippen molar-refractivity contribution in [3.05, 3.63) is 17.0 Å². The van der Waals surface area contributed by atoms with Crippen LogP contribution in [0.5, 0.6) is 0 Å². The van der Waals surface area contributed by atoms with Gasteiger partial charge in [0, 0.05) is 25.7 Å². The molecule has 1 aromatic rings. The third kappa shape index (κ3) is 10.5. The molecule has 8 nitrogen and oxygen atoms in total. The van der Waals surface area contributed by atoms with E-state index < -0.39 is 17.7 Å². The summed E-state index contributed by atoms with van der Waals surface area (Å²) in [6.45, 7) is 10.2. The lowest BCUT2D eigenvalue weighted by molar-refractivity contribution is -0.122. The SMILES string of the molecule is CCCNc1nc(Cl)ncc1C#CCCCNC(=O)[C@H](C)NC(=O)OC(C)(C)C. The van der Waals surface area contributed by atoms with Crippen LogP contribution in [0.25, 0.3) is 0 Å². The van der Waals surface area contributed by atoms with Crippen molar-refractivity contribution in [2.24, 2.45) is 0 Å². The Balaban J connectivity index is 2.39. The molecule has 0 bridgehead atoms. The third-order valence-electron chi connectivity index (χ3n) is 3.43. The molecule has 0 radical (unpaired) electrons. The van der Waals surface area contributed by atoms with Gasteiger partial charge in [0.1, 0.15) is 17.5 Å². The summed E-state index contributed by atoms with van der Waals surface area (Å²) in [6.07, 6.45) is 3.18. The number of nitrogens with zero attached hydrogens (tertiary/aromatic N) is 2. The molecule has 0 saturated carbocycles. The van der Waals surface area contributed by atoms with E-state index in [1.165, 1.54) is 0 Å². The number of alkyl carbamates (subject to hydrolysis) is 1. The Labute approximate surface area is 177 Å². The van der Waals surface area contributed by atoms with Crippen LogP contribution in [0.4, 0.5) is 10.6 Å². The monoisotopic (exact) mass is 423 g/mol. The van der Waals surface area contributed by atoms with Crippen LogP contribution < -0.4 is 16.0 Å². The zero-order chi connectivity index (χ0) is 21.9. The van der Waals surface area contributed by atoms with E-state index in [1.807, 2.05) is 0 Å². The van der Waals surface area contributed by atoms with Gasteiger partial charge in [0.25, 0.3) is 0 Å². The molecule has 3 N–H and O–H groups in total. The van der Waals surface area contributed by atoms with Gasteiger partial charge in [0.15, 0.2) is 0 Å². The van der Waals surface area contributed by atoms with Crippen LogP contribution in [-0.4, -0.2) is 46.7 Å². The van der Waals surface area contributed by atoms with Gasteiger partial charge in [0.2, 0.25) is 11.2 Å². The Kier molecular flexibility index (Phi) is 10.2. The number of nitrogens with one attached hydrogen (secondary N) is 3. The molecule has 0 saturated heterocycles. The average Bonchev–Trinajstić information content (AvgIpc) is 2.62. The number of carbonyl (C=O) groups is 2. The van der Waals surface area contributed by atoms with Gasteiger partial charge in [-0.2, -0.15) is 4.98 Å². The van der Waals surface area contributed by atoms with Gasteiger partial charge in [-0.25, -0.2) is 9.78 Å². The summed E-state index contributed by atoms with van der Waals surface area (Å²) in [6, 6.07) is -0.686. The number of halogens is 1. The normalized spacial score (nSPS) is 11.7. The van der Waals surface area contributed by atoms with Crippen molar-refractivity contribution in [2.45, 2.75) is 65.5 Å². The van der Waals surface area contributed by atoms with E-state index in [0.717, 1.165) is 13.0 Å². The maximum absolute atomic E-state index is 12.0. The van der Waals surface area contributed by atoms with Crippen LogP contribution in [0.2, 0.25) is 5.28 Å². The van der Waals surface area contributed by atoms with E-state index in [-0.39, 0.29) is 11.2 Å². The molecule has 0 fully saturated rings. The molecule has 160 valence electrons. The highest BCUT2D eigenvalue weighted by atomic mass is 35.5. The molecule has 1 heterocycles. The van der Waals surface area contributed by atoms with Gasteiger partial charge in [-0.05, 0) is 52.1 Å². The van der Waals surface area contributed by atoms with E-state index in [0.29, 0.717) is 30.8 Å². The smallest absolute Gasteiger partial charge is 0.408 e. The first kappa shape index (κ1) is 24.5. The molecule has 9 heteroatoms. The highest BCUT2D eigenvalue weighted by molar-refractivity contribution is 6.28. The molecule has 0 aliphatic carbocycles. The van der Waals surface area contributed by atoms with Crippen LogP contribution in [-0.2, 0) is 9.53 Å². The van der Waals surface area contributed by atoms with Crippen molar-refractivity contribution in [1.29, 1.82) is 0 Å². The highest BCUT2D eigenvalue weighted by Crippen LogP contribution is 2.13. The van der Waals surface area contributed by atoms with E-state index in [1.54, 1.807) is 33.9 Å². The van der Waals surface area contributed by atoms with Gasteiger partial charge < -0.3 is 20.7 Å². The Morgan fingerprint density at radius 3 is 2.69 bits per heavy atom. The summed E-state index contributed by atoms with van der Waals surface area (Å²) in [5.74, 6) is 6.41. The second-order valence-electron chi connectivity index (χ2n) is 7.39. The molecule has 0 spiro atoms. The molecular formula is C20H30ClN5O3. The number of aromatic nitrogens is 2. The Hall–Kier alpha value is -2.53. The summed E-state index contributed by atoms with van der Waals surface area (Å²) in [5, 5.41) is 8.61. The number of anilines is 1. The largest absolute Gasteiger partial charge is 0.444 e. The Morgan fingerprint density at radius 2 is 2.03 bits per heavy atom. The second-order valence-corrected chi connectivity index (χ2v) is 7.73. The van der Waals surface area contributed by atoms with E-state index in [2.05, 4.69) is 44.7 Å². The lowest BCUT2D eigenvalue weighted by Gasteiger charge is -2.21. The molecule has 1 aromatic heterocycles. The molecule has 0 aliphatic heterocycles. The lowest BCUT2D eigenvalue weighted by atomic mass is 10.2. The molecule has 0 unspecified atom stereocenters. The zero-order valence-electron chi connectivity index (χ0n) is 17.7. The quantitative estimate of drug-likeness (QED) is 0.337. The number of ether oxygens (including phenoxy) is 1. The van der Waals surface area contributed by atoms with Crippen molar-refractivity contribution >= 4 is 29.4 Å². The fraction of sp³-hybridized carbons (Fsp3) is 0.600. The van der Waals surface area contributed by atoms with Crippen LogP contribution in [0.15, 0.2) is 6.20 Å². The summed E-state index contributed by atoms with van der Waals surface area (Å²) in [4.78, 5) is 31.8. The van der Waals surface area contributed by atoms with Crippen LogP contribution >= 0.6 is 11.6 Å². The van der Waals surface area contributed by atoms with Crippen molar-refractivity contribution in [2.75, 3.05) is 18.4 Å². The lowest BCUT2D eigenvalue weighted by Crippen LogP contribution is -2.46. The fourth-order valence-corrected chi connectivity index (χ4v) is 2.21. The average molecular weight is 424 g/mol. The fourth-order valence-electron chi connectivity index (χ4n) is 2.08. The van der Waals surface area contributed by atoms with Crippen LogP contribution in [0.3, 0.4) is 0 Å². The number of amides is 2. The predicted octanol–water partition coefficient (Wildman–Crippen LogP) is 3.11. The van der Waals surface area contributed by atoms with Crippen molar-refractivity contribution < 1.29 is 14.3 Å². The molecule has 1 atom stereocenters. The van der Waals surface area contributed by atoms with E-state index in [9.17, 15) is 9.59 Å². The topological polar surface area (TPSA) is 105 Å². The maximum Gasteiger partial charge on any atom is 0.408 e. The predicted molar refractivity (Wildman–Crippen MR) is 114 cm³/mol. The standard InChI is InChI=1S/C20H30ClN5O3/c1-6-11-22-16-15(13-24-18(21)26-16)10-8-7-9-12-23-17(27)14(2)25-19(28)29-20(3,4)5/h13-14H,6-7,9,11-12H2,1-5H3,(H,23,27)(H,25,28)(H,22,24,26)/t14-/m0/s1. The molecule has 0 aromatic carbocycles. The van der Waals surface area contributed by atoms with Crippen LogP contribution in [0, 0.1) is 11.8 Å². The number of hydrogen-bond acceptors (Lipinski definition) is 6. The van der Waals surface area contributed by atoms with E-state index in [4.69, 9.17) is 16.3 Å². The van der Waals surface area contributed by atoms with Crippen molar-refractivity contribution in [3.63, 3.8) is 0 Å². The minimum Gasteiger partial charge on any atom is -0.444 e. The van der Waals surface area contributed by atoms with Gasteiger partial charge in [-0.15, -0.1) is 0 Å². The number of unbranched alkanes of at least 4 members (excludes halogenated alkanes) is 1. The Bertz CT molecular complexity index is 753. The first-order valence-corrected chi connectivity index (χ1v) is 10.0. The second kappa shape index (κ2) is 12.1. The van der Waals surface area contributed by atoms with Gasteiger partial charge in [-0.3, -0.25) is 4.79 Å². The Morgan fingerprint density at radius 1 is 1.31 bits per heavy atom. The third-order valence-corrected chi connectivity index (χ3v) is 3.61. The molecule has 1 rings (SSSR count). The number of rotatable bonds is 8. The number of hydrogen-bond donors (Lipinski definition) is 3. The zero-order valence-corrected chi connectivity index (χ0v) is 18.4. The minimum absolute atomic E-state index is 0.172. The summed E-state index contributed by atoms with van der Waals surface area (Å²) < 4.78 is 5.13. The minimum atomic E-state index is -0.686.